The summed E-state index contributed by atoms with van der Waals surface area (Å²) in [6, 6.07) is 1.000. The molecule has 1 fully saturated rings. The molecule has 0 heterocycles. The Morgan fingerprint density at radius 3 is 2.19 bits per heavy atom. The van der Waals surface area contributed by atoms with Gasteiger partial charge < -0.3 is 10.6 Å². The molecule has 4 heteroatoms. The molecule has 0 aromatic rings. The minimum absolute atomic E-state index is 0.253. The van der Waals surface area contributed by atoms with E-state index in [1.165, 1.54) is 25.7 Å². The van der Waals surface area contributed by atoms with Gasteiger partial charge in [0.2, 0.25) is 5.91 Å². The number of carbonyl (C=O) groups excluding carboxylic acids is 1. The molecule has 0 saturated heterocycles. The number of rotatable bonds is 7. The monoisotopic (exact) mass is 297 g/mol. The van der Waals surface area contributed by atoms with Gasteiger partial charge in [-0.3, -0.25) is 9.69 Å². The first-order valence-electron chi connectivity index (χ1n) is 8.67. The Labute approximate surface area is 131 Å². The first kappa shape index (κ1) is 18.4. The molecule has 0 radical (unpaired) electrons. The number of nitrogens with two attached hydrogens (primary N) is 1. The molecule has 0 bridgehead atoms. The van der Waals surface area contributed by atoms with E-state index < -0.39 is 0 Å². The van der Waals surface area contributed by atoms with Gasteiger partial charge in [0.25, 0.3) is 0 Å². The molecule has 1 aliphatic rings. The number of hydrogen-bond donors (Lipinski definition) is 1. The van der Waals surface area contributed by atoms with E-state index >= 15 is 0 Å². The summed E-state index contributed by atoms with van der Waals surface area (Å²) in [5, 5.41) is 0. The molecule has 0 aromatic heterocycles. The van der Waals surface area contributed by atoms with Crippen LogP contribution in [0.15, 0.2) is 0 Å². The Morgan fingerprint density at radius 1 is 1.14 bits per heavy atom. The van der Waals surface area contributed by atoms with Crippen LogP contribution in [0.25, 0.3) is 0 Å². The van der Waals surface area contributed by atoms with Gasteiger partial charge in [-0.15, -0.1) is 0 Å². The quantitative estimate of drug-likeness (QED) is 0.785. The van der Waals surface area contributed by atoms with Crippen molar-refractivity contribution in [3.8, 4) is 0 Å². The second-order valence-corrected chi connectivity index (χ2v) is 6.90. The fraction of sp³-hybridized carbons (Fsp3) is 0.941. The van der Waals surface area contributed by atoms with Crippen LogP contribution in [0.3, 0.4) is 0 Å². The van der Waals surface area contributed by atoms with Crippen LogP contribution < -0.4 is 5.73 Å². The van der Waals surface area contributed by atoms with Gasteiger partial charge in [-0.05, 0) is 59.5 Å². The summed E-state index contributed by atoms with van der Waals surface area (Å²) in [5.74, 6) is 0.807. The van der Waals surface area contributed by atoms with E-state index in [-0.39, 0.29) is 18.0 Å². The zero-order valence-electron chi connectivity index (χ0n) is 14.6. The predicted octanol–water partition coefficient (Wildman–Crippen LogP) is 2.47. The van der Waals surface area contributed by atoms with Gasteiger partial charge in [-0.25, -0.2) is 0 Å². The highest BCUT2D eigenvalue weighted by Gasteiger charge is 2.31. The standard InChI is InChI=1S/C17H35N3O/c1-6-19(16-10-8-7-9-15(16)11-18)12-17(21)20(13(2)3)14(4)5/h13-16H,6-12,18H2,1-5H3. The summed E-state index contributed by atoms with van der Waals surface area (Å²) in [4.78, 5) is 17.0. The van der Waals surface area contributed by atoms with E-state index in [0.717, 1.165) is 13.1 Å². The second-order valence-electron chi connectivity index (χ2n) is 6.90. The van der Waals surface area contributed by atoms with Crippen LogP contribution in [0.5, 0.6) is 0 Å². The van der Waals surface area contributed by atoms with Crippen molar-refractivity contribution in [3.05, 3.63) is 0 Å². The predicted molar refractivity (Wildman–Crippen MR) is 89.2 cm³/mol. The first-order chi connectivity index (χ1) is 9.92. The van der Waals surface area contributed by atoms with Gasteiger partial charge >= 0.3 is 0 Å². The Balaban J connectivity index is 2.73. The zero-order chi connectivity index (χ0) is 16.0. The third-order valence-corrected chi connectivity index (χ3v) is 4.79. The van der Waals surface area contributed by atoms with E-state index in [4.69, 9.17) is 5.73 Å². The van der Waals surface area contributed by atoms with Gasteiger partial charge in [-0.2, -0.15) is 0 Å². The molecule has 0 spiro atoms. The minimum Gasteiger partial charge on any atom is -0.337 e. The van der Waals surface area contributed by atoms with Crippen molar-refractivity contribution in [3.63, 3.8) is 0 Å². The van der Waals surface area contributed by atoms with Crippen molar-refractivity contribution >= 4 is 5.91 Å². The van der Waals surface area contributed by atoms with Crippen LogP contribution in [0.1, 0.15) is 60.3 Å². The Kier molecular flexibility index (Phi) is 7.67. The average molecular weight is 297 g/mol. The molecule has 1 amide bonds. The van der Waals surface area contributed by atoms with Crippen LogP contribution in [-0.4, -0.2) is 53.5 Å². The first-order valence-corrected chi connectivity index (χ1v) is 8.67. The van der Waals surface area contributed by atoms with E-state index in [1.807, 2.05) is 4.90 Å². The average Bonchev–Trinajstić information content (AvgIpc) is 2.43. The number of carbonyl (C=O) groups is 1. The fourth-order valence-electron chi connectivity index (χ4n) is 3.83. The maximum Gasteiger partial charge on any atom is 0.237 e. The topological polar surface area (TPSA) is 49.6 Å². The molecule has 2 unspecified atom stereocenters. The van der Waals surface area contributed by atoms with Crippen molar-refractivity contribution in [2.75, 3.05) is 19.6 Å². The van der Waals surface area contributed by atoms with E-state index in [2.05, 4.69) is 39.5 Å². The molecule has 2 N–H and O–H groups in total. The number of nitrogens with zero attached hydrogens (tertiary/aromatic N) is 2. The lowest BCUT2D eigenvalue weighted by molar-refractivity contribution is -0.137. The van der Waals surface area contributed by atoms with E-state index in [0.29, 0.717) is 18.5 Å². The summed E-state index contributed by atoms with van der Waals surface area (Å²) < 4.78 is 0. The fourth-order valence-corrected chi connectivity index (χ4v) is 3.83. The number of amides is 1. The highest BCUT2D eigenvalue weighted by atomic mass is 16.2. The number of likely N-dealkylation sites (N-methyl/N-ethyl adjacent to an activating group) is 1. The summed E-state index contributed by atoms with van der Waals surface area (Å²) in [5.41, 5.74) is 5.95. The van der Waals surface area contributed by atoms with Crippen molar-refractivity contribution in [1.29, 1.82) is 0 Å². The summed E-state index contributed by atoms with van der Waals surface area (Å²) in [7, 11) is 0. The third-order valence-electron chi connectivity index (χ3n) is 4.79. The maximum atomic E-state index is 12.7. The third kappa shape index (κ3) is 4.96. The Bertz CT molecular complexity index is 309. The highest BCUT2D eigenvalue weighted by Crippen LogP contribution is 2.28. The molecule has 2 atom stereocenters. The van der Waals surface area contributed by atoms with Crippen LogP contribution in [-0.2, 0) is 4.79 Å². The van der Waals surface area contributed by atoms with Crippen LogP contribution in [0, 0.1) is 5.92 Å². The molecule has 1 rings (SSSR count). The molecule has 21 heavy (non-hydrogen) atoms. The SMILES string of the molecule is CCN(CC(=O)N(C(C)C)C(C)C)C1CCCCC1CN. The van der Waals surface area contributed by atoms with Gasteiger partial charge in [0, 0.05) is 18.1 Å². The van der Waals surface area contributed by atoms with Crippen LogP contribution >= 0.6 is 0 Å². The van der Waals surface area contributed by atoms with Crippen molar-refractivity contribution in [2.45, 2.75) is 78.4 Å². The van der Waals surface area contributed by atoms with Gasteiger partial charge in [0.1, 0.15) is 0 Å². The largest absolute Gasteiger partial charge is 0.337 e. The summed E-state index contributed by atoms with van der Waals surface area (Å²) in [6.07, 6.45) is 4.95. The summed E-state index contributed by atoms with van der Waals surface area (Å²) in [6.45, 7) is 12.7. The molecule has 1 saturated carbocycles. The minimum atomic E-state index is 0.253. The molecular weight excluding hydrogens is 262 g/mol. The lowest BCUT2D eigenvalue weighted by atomic mass is 9.83. The molecule has 0 aliphatic heterocycles. The normalized spacial score (nSPS) is 23.1. The summed E-state index contributed by atoms with van der Waals surface area (Å²) >= 11 is 0. The van der Waals surface area contributed by atoms with Crippen molar-refractivity contribution in [2.24, 2.45) is 11.7 Å². The number of hydrogen-bond acceptors (Lipinski definition) is 3. The Morgan fingerprint density at radius 2 is 1.71 bits per heavy atom. The van der Waals surface area contributed by atoms with Gasteiger partial charge in [0.15, 0.2) is 0 Å². The second kappa shape index (κ2) is 8.74. The van der Waals surface area contributed by atoms with Crippen molar-refractivity contribution in [1.82, 2.24) is 9.80 Å². The van der Waals surface area contributed by atoms with Crippen LogP contribution in [0.4, 0.5) is 0 Å². The smallest absolute Gasteiger partial charge is 0.237 e. The zero-order valence-corrected chi connectivity index (χ0v) is 14.6. The molecule has 4 nitrogen and oxygen atoms in total. The van der Waals surface area contributed by atoms with Crippen LogP contribution in [0.2, 0.25) is 0 Å². The Hall–Kier alpha value is -0.610. The molecular formula is C17H35N3O. The van der Waals surface area contributed by atoms with Gasteiger partial charge in [0.05, 0.1) is 6.54 Å². The van der Waals surface area contributed by atoms with E-state index in [9.17, 15) is 4.79 Å². The lowest BCUT2D eigenvalue weighted by Crippen LogP contribution is -2.52. The maximum absolute atomic E-state index is 12.7. The van der Waals surface area contributed by atoms with Crippen molar-refractivity contribution < 1.29 is 4.79 Å². The molecule has 124 valence electrons. The highest BCUT2D eigenvalue weighted by molar-refractivity contribution is 5.78. The van der Waals surface area contributed by atoms with Gasteiger partial charge in [-0.1, -0.05) is 19.8 Å². The molecule has 1 aliphatic carbocycles. The lowest BCUT2D eigenvalue weighted by Gasteiger charge is -2.40. The molecule has 0 aromatic carbocycles. The van der Waals surface area contributed by atoms with E-state index in [1.54, 1.807) is 0 Å².